The van der Waals surface area contributed by atoms with Crippen LogP contribution < -0.4 is 10.6 Å². The molecular formula is C10H18N2S. The molecule has 0 aromatic heterocycles. The zero-order chi connectivity index (χ0) is 9.31. The van der Waals surface area contributed by atoms with Gasteiger partial charge >= 0.3 is 0 Å². The topological polar surface area (TPSA) is 24.1 Å². The van der Waals surface area contributed by atoms with Crippen molar-refractivity contribution in [3.8, 4) is 0 Å². The van der Waals surface area contributed by atoms with Crippen molar-refractivity contribution >= 4 is 17.3 Å². The van der Waals surface area contributed by atoms with Crippen molar-refractivity contribution in [2.45, 2.75) is 57.0 Å². The Labute approximate surface area is 85.5 Å². The Morgan fingerprint density at radius 2 is 2.15 bits per heavy atom. The van der Waals surface area contributed by atoms with E-state index >= 15 is 0 Å². The van der Waals surface area contributed by atoms with Gasteiger partial charge < -0.3 is 10.6 Å². The Kier molecular flexibility index (Phi) is 2.45. The maximum Gasteiger partial charge on any atom is 0.166 e. The number of nitrogens with one attached hydrogen (secondary N) is 2. The molecule has 74 valence electrons. The van der Waals surface area contributed by atoms with Crippen LogP contribution in [0.4, 0.5) is 0 Å². The Morgan fingerprint density at radius 1 is 1.46 bits per heavy atom. The molecule has 2 saturated carbocycles. The van der Waals surface area contributed by atoms with E-state index in [4.69, 9.17) is 12.2 Å². The van der Waals surface area contributed by atoms with Crippen LogP contribution in [0.25, 0.3) is 0 Å². The van der Waals surface area contributed by atoms with Crippen molar-refractivity contribution in [1.82, 2.24) is 10.6 Å². The number of thiocarbonyl (C=S) groups is 1. The fourth-order valence-corrected chi connectivity index (χ4v) is 2.24. The summed E-state index contributed by atoms with van der Waals surface area (Å²) >= 11 is 5.26. The molecule has 2 rings (SSSR count). The van der Waals surface area contributed by atoms with Crippen LogP contribution in [0.15, 0.2) is 0 Å². The fraction of sp³-hybridized carbons (Fsp3) is 0.900. The van der Waals surface area contributed by atoms with Crippen LogP contribution in [0.3, 0.4) is 0 Å². The summed E-state index contributed by atoms with van der Waals surface area (Å²) in [4.78, 5) is 0. The van der Waals surface area contributed by atoms with E-state index in [9.17, 15) is 0 Å². The molecule has 0 spiro atoms. The highest BCUT2D eigenvalue weighted by Gasteiger charge is 2.36. The second-order valence-electron chi connectivity index (χ2n) is 4.36. The maximum atomic E-state index is 5.26. The quantitative estimate of drug-likeness (QED) is 0.678. The van der Waals surface area contributed by atoms with Gasteiger partial charge in [0.15, 0.2) is 5.11 Å². The zero-order valence-electron chi connectivity index (χ0n) is 8.23. The van der Waals surface area contributed by atoms with Gasteiger partial charge in [-0.3, -0.25) is 0 Å². The fourth-order valence-electron chi connectivity index (χ4n) is 1.86. The van der Waals surface area contributed by atoms with Gasteiger partial charge in [0.25, 0.3) is 0 Å². The molecular weight excluding hydrogens is 180 g/mol. The van der Waals surface area contributed by atoms with Crippen molar-refractivity contribution in [2.24, 2.45) is 0 Å². The first-order valence-corrected chi connectivity index (χ1v) is 5.74. The van der Waals surface area contributed by atoms with Crippen LogP contribution in [0.5, 0.6) is 0 Å². The molecule has 2 nitrogen and oxygen atoms in total. The normalized spacial score (nSPS) is 24.7. The van der Waals surface area contributed by atoms with Gasteiger partial charge in [0.05, 0.1) is 0 Å². The summed E-state index contributed by atoms with van der Waals surface area (Å²) in [6, 6.07) is 0.675. The van der Waals surface area contributed by atoms with Crippen LogP contribution >= 0.6 is 12.2 Å². The van der Waals surface area contributed by atoms with Crippen LogP contribution in [-0.2, 0) is 0 Å². The molecule has 2 N–H and O–H groups in total. The minimum Gasteiger partial charge on any atom is -0.360 e. The Hall–Kier alpha value is -0.310. The van der Waals surface area contributed by atoms with Crippen molar-refractivity contribution in [1.29, 1.82) is 0 Å². The summed E-state index contributed by atoms with van der Waals surface area (Å²) in [6.45, 7) is 2.24. The molecule has 0 saturated heterocycles. The van der Waals surface area contributed by atoms with Gasteiger partial charge in [-0.2, -0.15) is 0 Å². The molecule has 0 amide bonds. The van der Waals surface area contributed by atoms with E-state index in [1.54, 1.807) is 0 Å². The number of rotatable bonds is 3. The number of hydrogen-bond donors (Lipinski definition) is 2. The molecule has 0 radical (unpaired) electrons. The van der Waals surface area contributed by atoms with E-state index in [2.05, 4.69) is 17.6 Å². The van der Waals surface area contributed by atoms with Gasteiger partial charge in [-0.25, -0.2) is 0 Å². The maximum absolute atomic E-state index is 5.26. The van der Waals surface area contributed by atoms with E-state index in [0.29, 0.717) is 11.6 Å². The third-order valence-electron chi connectivity index (χ3n) is 3.28. The summed E-state index contributed by atoms with van der Waals surface area (Å²) in [5.41, 5.74) is 0.346. The monoisotopic (exact) mass is 198 g/mol. The Balaban J connectivity index is 1.77. The summed E-state index contributed by atoms with van der Waals surface area (Å²) in [5.74, 6) is 0. The lowest BCUT2D eigenvalue weighted by Gasteiger charge is -2.42. The van der Waals surface area contributed by atoms with Crippen LogP contribution in [0.2, 0.25) is 0 Å². The average Bonchev–Trinajstić information content (AvgIpc) is 2.80. The Morgan fingerprint density at radius 3 is 2.54 bits per heavy atom. The van der Waals surface area contributed by atoms with Gasteiger partial charge in [0, 0.05) is 11.6 Å². The first-order valence-electron chi connectivity index (χ1n) is 5.33. The van der Waals surface area contributed by atoms with E-state index in [1.165, 1.54) is 38.5 Å². The molecule has 0 heterocycles. The molecule has 3 heteroatoms. The molecule has 0 unspecified atom stereocenters. The molecule has 0 atom stereocenters. The molecule has 0 aromatic rings. The predicted octanol–water partition coefficient (Wildman–Crippen LogP) is 1.95. The van der Waals surface area contributed by atoms with Crippen molar-refractivity contribution in [3.63, 3.8) is 0 Å². The Bertz CT molecular complexity index is 201. The van der Waals surface area contributed by atoms with E-state index in [0.717, 1.165) is 5.11 Å². The van der Waals surface area contributed by atoms with Gasteiger partial charge in [0.1, 0.15) is 0 Å². The molecule has 2 aliphatic rings. The highest BCUT2D eigenvalue weighted by molar-refractivity contribution is 7.80. The molecule has 0 aromatic carbocycles. The second kappa shape index (κ2) is 3.45. The molecule has 0 aliphatic heterocycles. The third kappa shape index (κ3) is 2.13. The SMILES string of the molecule is CCC1(NC(=S)NC2CC2)CCC1. The van der Waals surface area contributed by atoms with Gasteiger partial charge in [-0.1, -0.05) is 6.92 Å². The lowest BCUT2D eigenvalue weighted by Crippen LogP contribution is -2.56. The summed E-state index contributed by atoms with van der Waals surface area (Å²) in [6.07, 6.45) is 7.71. The zero-order valence-corrected chi connectivity index (χ0v) is 9.04. The summed E-state index contributed by atoms with van der Waals surface area (Å²) in [7, 11) is 0. The predicted molar refractivity (Wildman–Crippen MR) is 58.8 cm³/mol. The first kappa shape index (κ1) is 9.25. The minimum atomic E-state index is 0.346. The second-order valence-corrected chi connectivity index (χ2v) is 4.77. The molecule has 2 aliphatic carbocycles. The average molecular weight is 198 g/mol. The highest BCUT2D eigenvalue weighted by Crippen LogP contribution is 2.34. The third-order valence-corrected chi connectivity index (χ3v) is 3.50. The highest BCUT2D eigenvalue weighted by atomic mass is 32.1. The lowest BCUT2D eigenvalue weighted by molar-refractivity contribution is 0.209. The van der Waals surface area contributed by atoms with Crippen LogP contribution in [0, 0.1) is 0 Å². The van der Waals surface area contributed by atoms with Crippen LogP contribution in [-0.4, -0.2) is 16.7 Å². The van der Waals surface area contributed by atoms with Crippen LogP contribution in [0.1, 0.15) is 45.4 Å². The standard InChI is InChI=1S/C10H18N2S/c1-2-10(6-3-7-10)12-9(13)11-8-4-5-8/h8H,2-7H2,1H3,(H2,11,12,13). The molecule has 2 fully saturated rings. The van der Waals surface area contributed by atoms with E-state index < -0.39 is 0 Å². The van der Waals surface area contributed by atoms with Crippen molar-refractivity contribution < 1.29 is 0 Å². The number of hydrogen-bond acceptors (Lipinski definition) is 1. The van der Waals surface area contributed by atoms with Crippen molar-refractivity contribution in [2.75, 3.05) is 0 Å². The van der Waals surface area contributed by atoms with E-state index in [1.807, 2.05) is 0 Å². The first-order chi connectivity index (χ1) is 6.24. The van der Waals surface area contributed by atoms with Gasteiger partial charge in [-0.05, 0) is 50.7 Å². The summed E-state index contributed by atoms with van der Waals surface area (Å²) in [5, 5.41) is 7.68. The van der Waals surface area contributed by atoms with Crippen molar-refractivity contribution in [3.05, 3.63) is 0 Å². The molecule has 0 bridgehead atoms. The molecule has 13 heavy (non-hydrogen) atoms. The summed E-state index contributed by atoms with van der Waals surface area (Å²) < 4.78 is 0. The largest absolute Gasteiger partial charge is 0.360 e. The smallest absolute Gasteiger partial charge is 0.166 e. The van der Waals surface area contributed by atoms with E-state index in [-0.39, 0.29) is 0 Å². The van der Waals surface area contributed by atoms with Gasteiger partial charge in [-0.15, -0.1) is 0 Å². The lowest BCUT2D eigenvalue weighted by atomic mass is 9.75. The minimum absolute atomic E-state index is 0.346. The van der Waals surface area contributed by atoms with Gasteiger partial charge in [0.2, 0.25) is 0 Å².